The lowest BCUT2D eigenvalue weighted by atomic mass is 9.90. The molecule has 1 amide bonds. The molecule has 1 aliphatic carbocycles. The molecular formula is C12H17NO2. The summed E-state index contributed by atoms with van der Waals surface area (Å²) in [5, 5.41) is 0. The first-order chi connectivity index (χ1) is 7.13. The van der Waals surface area contributed by atoms with E-state index in [2.05, 4.69) is 19.9 Å². The minimum absolute atomic E-state index is 0.0366. The predicted octanol–water partition coefficient (Wildman–Crippen LogP) is 2.06. The summed E-state index contributed by atoms with van der Waals surface area (Å²) in [6, 6.07) is 0. The Labute approximate surface area is 90.4 Å². The smallest absolute Gasteiger partial charge is 0.264 e. The molecule has 0 aromatic rings. The van der Waals surface area contributed by atoms with Crippen LogP contribution in [0.2, 0.25) is 0 Å². The lowest BCUT2D eigenvalue weighted by Crippen LogP contribution is -2.37. The molecular weight excluding hydrogens is 190 g/mol. The van der Waals surface area contributed by atoms with Gasteiger partial charge in [0.15, 0.2) is 6.61 Å². The number of hydrogen-bond acceptors (Lipinski definition) is 2. The van der Waals surface area contributed by atoms with Crippen molar-refractivity contribution in [2.24, 2.45) is 5.92 Å². The Morgan fingerprint density at radius 2 is 2.33 bits per heavy atom. The molecule has 1 heterocycles. The average molecular weight is 207 g/mol. The van der Waals surface area contributed by atoms with Gasteiger partial charge in [0.1, 0.15) is 5.76 Å². The summed E-state index contributed by atoms with van der Waals surface area (Å²) in [6.45, 7) is 4.49. The molecule has 15 heavy (non-hydrogen) atoms. The van der Waals surface area contributed by atoms with Crippen LogP contribution in [-0.2, 0) is 9.53 Å². The van der Waals surface area contributed by atoms with Crippen molar-refractivity contribution in [3.63, 3.8) is 0 Å². The van der Waals surface area contributed by atoms with Crippen molar-refractivity contribution in [2.45, 2.75) is 26.7 Å². The monoisotopic (exact) mass is 207 g/mol. The van der Waals surface area contributed by atoms with E-state index >= 15 is 0 Å². The molecule has 2 rings (SSSR count). The number of hydrogen-bond donors (Lipinski definition) is 0. The fraction of sp³-hybridized carbons (Fsp3) is 0.583. The topological polar surface area (TPSA) is 29.5 Å². The SMILES string of the molecule is CCC1=CC2=C(OCC(=O)N2C)C(C)C1. The summed E-state index contributed by atoms with van der Waals surface area (Å²) in [5.41, 5.74) is 2.35. The van der Waals surface area contributed by atoms with Gasteiger partial charge in [0.25, 0.3) is 5.91 Å². The minimum Gasteiger partial charge on any atom is -0.486 e. The van der Waals surface area contributed by atoms with E-state index in [1.165, 1.54) is 5.57 Å². The highest BCUT2D eigenvalue weighted by molar-refractivity contribution is 5.81. The van der Waals surface area contributed by atoms with E-state index in [9.17, 15) is 4.79 Å². The lowest BCUT2D eigenvalue weighted by molar-refractivity contribution is -0.134. The van der Waals surface area contributed by atoms with Crippen LogP contribution in [0, 0.1) is 5.92 Å². The molecule has 0 spiro atoms. The van der Waals surface area contributed by atoms with Gasteiger partial charge in [-0.15, -0.1) is 0 Å². The van der Waals surface area contributed by atoms with Gasteiger partial charge in [-0.1, -0.05) is 19.4 Å². The molecule has 0 aromatic heterocycles. The van der Waals surface area contributed by atoms with Crippen molar-refractivity contribution in [3.8, 4) is 0 Å². The lowest BCUT2D eigenvalue weighted by Gasteiger charge is -2.33. The maximum Gasteiger partial charge on any atom is 0.264 e. The van der Waals surface area contributed by atoms with Crippen LogP contribution < -0.4 is 0 Å². The third kappa shape index (κ3) is 1.66. The first-order valence-corrected chi connectivity index (χ1v) is 5.46. The normalized spacial score (nSPS) is 26.1. The number of ether oxygens (including phenoxy) is 1. The highest BCUT2D eigenvalue weighted by Gasteiger charge is 2.30. The summed E-state index contributed by atoms with van der Waals surface area (Å²) in [7, 11) is 1.82. The number of rotatable bonds is 1. The highest BCUT2D eigenvalue weighted by atomic mass is 16.5. The van der Waals surface area contributed by atoms with Crippen molar-refractivity contribution in [3.05, 3.63) is 23.1 Å². The third-order valence-electron chi connectivity index (χ3n) is 3.15. The van der Waals surface area contributed by atoms with Gasteiger partial charge in [0.2, 0.25) is 0 Å². The zero-order chi connectivity index (χ0) is 11.0. The van der Waals surface area contributed by atoms with Crippen LogP contribution in [0.15, 0.2) is 23.1 Å². The quantitative estimate of drug-likeness (QED) is 0.658. The van der Waals surface area contributed by atoms with Crippen molar-refractivity contribution in [1.29, 1.82) is 0 Å². The Bertz CT molecular complexity index is 355. The second-order valence-corrected chi connectivity index (χ2v) is 4.25. The van der Waals surface area contributed by atoms with Crippen molar-refractivity contribution < 1.29 is 9.53 Å². The van der Waals surface area contributed by atoms with Gasteiger partial charge in [-0.3, -0.25) is 4.79 Å². The van der Waals surface area contributed by atoms with Gasteiger partial charge < -0.3 is 9.64 Å². The van der Waals surface area contributed by atoms with Gasteiger partial charge in [0, 0.05) is 13.0 Å². The Balaban J connectivity index is 2.39. The van der Waals surface area contributed by atoms with E-state index in [4.69, 9.17) is 4.74 Å². The number of carbonyl (C=O) groups excluding carboxylic acids is 1. The third-order valence-corrected chi connectivity index (χ3v) is 3.15. The average Bonchev–Trinajstić information content (AvgIpc) is 2.23. The molecule has 0 N–H and O–H groups in total. The molecule has 0 fully saturated rings. The fourth-order valence-corrected chi connectivity index (χ4v) is 2.16. The molecule has 3 nitrogen and oxygen atoms in total. The van der Waals surface area contributed by atoms with Crippen LogP contribution in [0.4, 0.5) is 0 Å². The van der Waals surface area contributed by atoms with Crippen molar-refractivity contribution in [2.75, 3.05) is 13.7 Å². The van der Waals surface area contributed by atoms with Crippen LogP contribution in [0.5, 0.6) is 0 Å². The van der Waals surface area contributed by atoms with Crippen LogP contribution >= 0.6 is 0 Å². The van der Waals surface area contributed by atoms with Crippen molar-refractivity contribution in [1.82, 2.24) is 4.90 Å². The molecule has 82 valence electrons. The molecule has 1 unspecified atom stereocenters. The molecule has 2 aliphatic rings. The summed E-state index contributed by atoms with van der Waals surface area (Å²) < 4.78 is 5.51. The molecule has 1 aliphatic heterocycles. The standard InChI is InChI=1S/C12H17NO2/c1-4-9-5-8(2)12-10(6-9)13(3)11(14)7-15-12/h6,8H,4-5,7H2,1-3H3. The van der Waals surface area contributed by atoms with Crippen molar-refractivity contribution >= 4 is 5.91 Å². The summed E-state index contributed by atoms with van der Waals surface area (Å²) in [4.78, 5) is 13.2. The maximum absolute atomic E-state index is 11.5. The van der Waals surface area contributed by atoms with Crippen LogP contribution in [-0.4, -0.2) is 24.5 Å². The van der Waals surface area contributed by atoms with Crippen LogP contribution in [0.25, 0.3) is 0 Å². The Hall–Kier alpha value is -1.25. The number of nitrogens with zero attached hydrogens (tertiary/aromatic N) is 1. The zero-order valence-electron chi connectivity index (χ0n) is 9.54. The summed E-state index contributed by atoms with van der Waals surface area (Å²) >= 11 is 0. The van der Waals surface area contributed by atoms with E-state index in [0.717, 1.165) is 24.3 Å². The second kappa shape index (κ2) is 3.72. The molecule has 0 aromatic carbocycles. The van der Waals surface area contributed by atoms with Gasteiger partial charge in [-0.25, -0.2) is 0 Å². The van der Waals surface area contributed by atoms with E-state index in [1.807, 2.05) is 7.05 Å². The highest BCUT2D eigenvalue weighted by Crippen LogP contribution is 2.34. The molecule has 0 radical (unpaired) electrons. The fourth-order valence-electron chi connectivity index (χ4n) is 2.16. The first-order valence-electron chi connectivity index (χ1n) is 5.46. The Kier molecular flexibility index (Phi) is 2.55. The maximum atomic E-state index is 11.5. The second-order valence-electron chi connectivity index (χ2n) is 4.25. The molecule has 0 saturated heterocycles. The van der Waals surface area contributed by atoms with E-state index in [1.54, 1.807) is 4.90 Å². The predicted molar refractivity (Wildman–Crippen MR) is 57.9 cm³/mol. The van der Waals surface area contributed by atoms with E-state index < -0.39 is 0 Å². The number of likely N-dealkylation sites (N-methyl/N-ethyl adjacent to an activating group) is 1. The first kappa shape index (κ1) is 10.3. The molecule has 1 atom stereocenters. The van der Waals surface area contributed by atoms with Gasteiger partial charge in [-0.2, -0.15) is 0 Å². The van der Waals surface area contributed by atoms with E-state index in [0.29, 0.717) is 5.92 Å². The Morgan fingerprint density at radius 1 is 1.60 bits per heavy atom. The minimum atomic E-state index is 0.0366. The zero-order valence-corrected chi connectivity index (χ0v) is 9.54. The van der Waals surface area contributed by atoms with Gasteiger partial charge in [0.05, 0.1) is 5.70 Å². The molecule has 0 saturated carbocycles. The Morgan fingerprint density at radius 3 is 3.00 bits per heavy atom. The van der Waals surface area contributed by atoms with Gasteiger partial charge >= 0.3 is 0 Å². The number of amides is 1. The number of allylic oxidation sites excluding steroid dienone is 3. The summed E-state index contributed by atoms with van der Waals surface area (Å²) in [5.74, 6) is 1.42. The van der Waals surface area contributed by atoms with E-state index in [-0.39, 0.29) is 12.5 Å². The molecule has 3 heteroatoms. The molecule has 0 bridgehead atoms. The van der Waals surface area contributed by atoms with Crippen LogP contribution in [0.1, 0.15) is 26.7 Å². The van der Waals surface area contributed by atoms with Crippen LogP contribution in [0.3, 0.4) is 0 Å². The van der Waals surface area contributed by atoms with Gasteiger partial charge in [-0.05, 0) is 18.9 Å². The largest absolute Gasteiger partial charge is 0.486 e. The number of carbonyl (C=O) groups is 1. The summed E-state index contributed by atoms with van der Waals surface area (Å²) in [6.07, 6.45) is 4.20.